The van der Waals surface area contributed by atoms with Crippen molar-refractivity contribution < 1.29 is 9.53 Å². The molecule has 1 N–H and O–H groups in total. The van der Waals surface area contributed by atoms with Crippen LogP contribution < -0.4 is 10.1 Å². The van der Waals surface area contributed by atoms with Gasteiger partial charge in [0.25, 0.3) is 0 Å². The molecule has 0 fully saturated rings. The Morgan fingerprint density at radius 1 is 1.38 bits per heavy atom. The van der Waals surface area contributed by atoms with Gasteiger partial charge in [-0.25, -0.2) is 0 Å². The number of amides is 1. The molecule has 128 valence electrons. The minimum atomic E-state index is -0.0191. The molecule has 0 bridgehead atoms. The normalized spacial score (nSPS) is 14.2. The molecule has 0 spiro atoms. The van der Waals surface area contributed by atoms with Crippen LogP contribution in [-0.2, 0) is 17.9 Å². The number of carbonyl (C=O) groups excluding carboxylic acids is 1. The average molecular weight is 350 g/mol. The highest BCUT2D eigenvalue weighted by Gasteiger charge is 2.20. The molecule has 1 aromatic carbocycles. The van der Waals surface area contributed by atoms with Gasteiger partial charge in [0.05, 0.1) is 19.6 Å². The van der Waals surface area contributed by atoms with Crippen LogP contribution in [0.2, 0.25) is 5.02 Å². The number of rotatable bonds is 6. The van der Waals surface area contributed by atoms with E-state index in [9.17, 15) is 4.79 Å². The van der Waals surface area contributed by atoms with Crippen LogP contribution in [0.1, 0.15) is 11.6 Å². The minimum absolute atomic E-state index is 0.0191. The fourth-order valence-electron chi connectivity index (χ4n) is 2.66. The molecule has 24 heavy (non-hydrogen) atoms. The smallest absolute Gasteiger partial charge is 0.234 e. The summed E-state index contributed by atoms with van der Waals surface area (Å²) < 4.78 is 7.63. The van der Waals surface area contributed by atoms with Gasteiger partial charge in [-0.2, -0.15) is 0 Å². The Kier molecular flexibility index (Phi) is 5.32. The molecule has 8 heteroatoms. The van der Waals surface area contributed by atoms with Crippen LogP contribution >= 0.6 is 11.6 Å². The van der Waals surface area contributed by atoms with E-state index < -0.39 is 0 Å². The lowest BCUT2D eigenvalue weighted by molar-refractivity contribution is -0.122. The second-order valence-electron chi connectivity index (χ2n) is 5.68. The summed E-state index contributed by atoms with van der Waals surface area (Å²) in [7, 11) is 0. The number of carbonyl (C=O) groups is 1. The molecular formula is C16H20ClN5O2. The number of aryl methyl sites for hydroxylation is 1. The number of nitrogens with zero attached hydrogens (tertiary/aromatic N) is 4. The van der Waals surface area contributed by atoms with Crippen molar-refractivity contribution in [3.8, 4) is 5.75 Å². The maximum atomic E-state index is 12.0. The monoisotopic (exact) mass is 349 g/mol. The van der Waals surface area contributed by atoms with E-state index in [0.717, 1.165) is 24.7 Å². The molecule has 0 atom stereocenters. The number of aromatic nitrogens is 3. The summed E-state index contributed by atoms with van der Waals surface area (Å²) in [5, 5.41) is 11.7. The molecular weight excluding hydrogens is 330 g/mol. The molecule has 3 rings (SSSR count). The lowest BCUT2D eigenvalue weighted by Gasteiger charge is -2.26. The molecule has 0 unspecified atom stereocenters. The summed E-state index contributed by atoms with van der Waals surface area (Å²) in [4.78, 5) is 14.1. The highest BCUT2D eigenvalue weighted by Crippen LogP contribution is 2.16. The molecule has 1 aliphatic heterocycles. The topological polar surface area (TPSA) is 72.3 Å². The Hall–Kier alpha value is -2.12. The molecule has 1 aliphatic rings. The van der Waals surface area contributed by atoms with Gasteiger partial charge < -0.3 is 14.6 Å². The quantitative estimate of drug-likeness (QED) is 0.795. The zero-order chi connectivity index (χ0) is 16.9. The van der Waals surface area contributed by atoms with E-state index in [1.165, 1.54) is 0 Å². The van der Waals surface area contributed by atoms with E-state index in [-0.39, 0.29) is 5.91 Å². The van der Waals surface area contributed by atoms with Crippen molar-refractivity contribution in [1.29, 1.82) is 0 Å². The Labute approximate surface area is 145 Å². The summed E-state index contributed by atoms with van der Waals surface area (Å²) >= 11 is 5.89. The molecule has 0 aliphatic carbocycles. The fraction of sp³-hybridized carbons (Fsp3) is 0.438. The maximum absolute atomic E-state index is 12.0. The van der Waals surface area contributed by atoms with Gasteiger partial charge >= 0.3 is 0 Å². The first-order valence-corrected chi connectivity index (χ1v) is 8.26. The Morgan fingerprint density at radius 3 is 3.08 bits per heavy atom. The van der Waals surface area contributed by atoms with Gasteiger partial charge in [-0.3, -0.25) is 9.69 Å². The van der Waals surface area contributed by atoms with Crippen molar-refractivity contribution in [3.63, 3.8) is 0 Å². The van der Waals surface area contributed by atoms with E-state index in [0.29, 0.717) is 37.0 Å². The number of hydrogen-bond acceptors (Lipinski definition) is 5. The van der Waals surface area contributed by atoms with Crippen LogP contribution in [0, 0.1) is 6.92 Å². The Bertz CT molecular complexity index is 718. The third-order valence-electron chi connectivity index (χ3n) is 3.87. The van der Waals surface area contributed by atoms with Crippen LogP contribution in [0.3, 0.4) is 0 Å². The lowest BCUT2D eigenvalue weighted by Crippen LogP contribution is -2.42. The first kappa shape index (κ1) is 16.7. The van der Waals surface area contributed by atoms with Gasteiger partial charge in [-0.15, -0.1) is 10.2 Å². The van der Waals surface area contributed by atoms with E-state index in [2.05, 4.69) is 25.0 Å². The van der Waals surface area contributed by atoms with E-state index >= 15 is 0 Å². The number of halogens is 1. The number of hydrogen-bond donors (Lipinski definition) is 1. The molecule has 2 heterocycles. The predicted molar refractivity (Wildman–Crippen MR) is 90.0 cm³/mol. The van der Waals surface area contributed by atoms with Gasteiger partial charge in [0.15, 0.2) is 0 Å². The largest absolute Gasteiger partial charge is 0.492 e. The van der Waals surface area contributed by atoms with Crippen molar-refractivity contribution in [2.24, 2.45) is 0 Å². The molecule has 1 aromatic heterocycles. The number of ether oxygens (including phenoxy) is 1. The van der Waals surface area contributed by atoms with Crippen LogP contribution in [0.4, 0.5) is 0 Å². The molecule has 0 radical (unpaired) electrons. The summed E-state index contributed by atoms with van der Waals surface area (Å²) in [5.41, 5.74) is 0. The summed E-state index contributed by atoms with van der Waals surface area (Å²) in [6, 6.07) is 7.19. The first-order valence-electron chi connectivity index (χ1n) is 7.88. The SMILES string of the molecule is Cc1nnc2n1CCN(CC(=O)NCCOc1cccc(Cl)c1)C2. The predicted octanol–water partition coefficient (Wildman–Crippen LogP) is 1.25. The highest BCUT2D eigenvalue weighted by atomic mass is 35.5. The molecule has 0 saturated carbocycles. The average Bonchev–Trinajstić information content (AvgIpc) is 2.92. The van der Waals surface area contributed by atoms with Crippen LogP contribution in [0.15, 0.2) is 24.3 Å². The number of fused-ring (bicyclic) bond motifs is 1. The fourth-order valence-corrected chi connectivity index (χ4v) is 2.84. The molecule has 2 aromatic rings. The van der Waals surface area contributed by atoms with Crippen molar-refractivity contribution >= 4 is 17.5 Å². The summed E-state index contributed by atoms with van der Waals surface area (Å²) in [6.45, 7) is 5.43. The number of benzene rings is 1. The van der Waals surface area contributed by atoms with E-state index in [1.54, 1.807) is 12.1 Å². The lowest BCUT2D eigenvalue weighted by atomic mass is 10.3. The van der Waals surface area contributed by atoms with Gasteiger partial charge in [0.1, 0.15) is 24.0 Å². The molecule has 1 amide bonds. The van der Waals surface area contributed by atoms with Crippen molar-refractivity contribution in [1.82, 2.24) is 25.0 Å². The summed E-state index contributed by atoms with van der Waals surface area (Å²) in [5.74, 6) is 2.51. The third kappa shape index (κ3) is 4.24. The first-order chi connectivity index (χ1) is 11.6. The van der Waals surface area contributed by atoms with Crippen LogP contribution in [0.25, 0.3) is 0 Å². The van der Waals surface area contributed by atoms with Gasteiger partial charge in [0.2, 0.25) is 5.91 Å². The summed E-state index contributed by atoms with van der Waals surface area (Å²) in [6.07, 6.45) is 0. The van der Waals surface area contributed by atoms with Crippen molar-refractivity contribution in [2.75, 3.05) is 26.2 Å². The zero-order valence-electron chi connectivity index (χ0n) is 13.5. The standard InChI is InChI=1S/C16H20ClN5O2/c1-12-19-20-15-10-21(6-7-22(12)15)11-16(23)18-5-8-24-14-4-2-3-13(17)9-14/h2-4,9H,5-8,10-11H2,1H3,(H,18,23). The second kappa shape index (κ2) is 7.63. The van der Waals surface area contributed by atoms with Gasteiger partial charge in [0, 0.05) is 18.1 Å². The Morgan fingerprint density at radius 2 is 2.25 bits per heavy atom. The molecule has 0 saturated heterocycles. The van der Waals surface area contributed by atoms with Crippen molar-refractivity contribution in [3.05, 3.63) is 40.9 Å². The van der Waals surface area contributed by atoms with E-state index in [4.69, 9.17) is 16.3 Å². The minimum Gasteiger partial charge on any atom is -0.492 e. The third-order valence-corrected chi connectivity index (χ3v) is 4.11. The van der Waals surface area contributed by atoms with Gasteiger partial charge in [-0.05, 0) is 25.1 Å². The van der Waals surface area contributed by atoms with Crippen LogP contribution in [-0.4, -0.2) is 51.8 Å². The van der Waals surface area contributed by atoms with Crippen molar-refractivity contribution in [2.45, 2.75) is 20.0 Å². The molecule has 7 nitrogen and oxygen atoms in total. The number of nitrogens with one attached hydrogen (secondary N) is 1. The Balaban J connectivity index is 1.37. The van der Waals surface area contributed by atoms with Gasteiger partial charge in [-0.1, -0.05) is 17.7 Å². The second-order valence-corrected chi connectivity index (χ2v) is 6.12. The zero-order valence-corrected chi connectivity index (χ0v) is 14.3. The van der Waals surface area contributed by atoms with E-state index in [1.807, 2.05) is 19.1 Å². The maximum Gasteiger partial charge on any atom is 0.234 e. The highest BCUT2D eigenvalue weighted by molar-refractivity contribution is 6.30. The van der Waals surface area contributed by atoms with Crippen LogP contribution in [0.5, 0.6) is 5.75 Å².